The van der Waals surface area contributed by atoms with E-state index in [0.717, 1.165) is 38.4 Å². The molecule has 1 aromatic heterocycles. The maximum atomic E-state index is 12.0. The maximum Gasteiger partial charge on any atom is 0.283 e. The molecule has 5 aromatic rings. The third-order valence-electron chi connectivity index (χ3n) is 6.45. The highest BCUT2D eigenvalue weighted by atomic mass is 32.2. The highest BCUT2D eigenvalue weighted by Crippen LogP contribution is 2.43. The fourth-order valence-corrected chi connectivity index (χ4v) is 5.44. The molecule has 36 heavy (non-hydrogen) atoms. The van der Waals surface area contributed by atoms with Gasteiger partial charge in [0, 0.05) is 17.0 Å². The zero-order valence-corrected chi connectivity index (χ0v) is 20.3. The quantitative estimate of drug-likeness (QED) is 0.267. The van der Waals surface area contributed by atoms with E-state index in [0.29, 0.717) is 23.6 Å². The van der Waals surface area contributed by atoms with Gasteiger partial charge in [0.2, 0.25) is 5.88 Å². The Kier molecular flexibility index (Phi) is 5.32. The molecule has 0 saturated carbocycles. The summed E-state index contributed by atoms with van der Waals surface area (Å²) in [6, 6.07) is 27.5. The van der Waals surface area contributed by atoms with E-state index in [9.17, 15) is 13.0 Å². The number of fused-ring (bicyclic) bond motifs is 4. The van der Waals surface area contributed by atoms with Crippen LogP contribution in [0.25, 0.3) is 38.9 Å². The largest absolute Gasteiger partial charge is 0.456 e. The minimum atomic E-state index is -4.35. The fourth-order valence-electron chi connectivity index (χ4n) is 4.85. The van der Waals surface area contributed by atoms with E-state index in [-0.39, 0.29) is 5.88 Å². The third-order valence-corrected chi connectivity index (χ3v) is 7.03. The lowest BCUT2D eigenvalue weighted by atomic mass is 10.0. The van der Waals surface area contributed by atoms with Crippen LogP contribution in [0.4, 0.5) is 5.69 Å². The van der Waals surface area contributed by atoms with Crippen LogP contribution >= 0.6 is 0 Å². The number of benzene rings is 4. The summed E-state index contributed by atoms with van der Waals surface area (Å²) in [5.74, 6) is 0.722. The lowest BCUT2D eigenvalue weighted by molar-refractivity contribution is 0.439. The summed E-state index contributed by atoms with van der Waals surface area (Å²) in [6.45, 7) is 2.06. The Morgan fingerprint density at radius 2 is 1.69 bits per heavy atom. The van der Waals surface area contributed by atoms with Crippen molar-refractivity contribution >= 4 is 43.6 Å². The average molecular weight is 498 g/mol. The number of rotatable bonds is 5. The molecule has 0 amide bonds. The van der Waals surface area contributed by atoms with Crippen molar-refractivity contribution in [1.82, 2.24) is 0 Å². The Bertz CT molecular complexity index is 1750. The molecular weight excluding hydrogens is 474 g/mol. The first kappa shape index (κ1) is 22.4. The van der Waals surface area contributed by atoms with Crippen LogP contribution < -0.4 is 9.64 Å². The SMILES string of the molecule is CCc1c(C=C2Oc3ccc(-c4ccccc4)cc3N2CS(=O)(=O)O)oc2ccc3ccccc3c12. The summed E-state index contributed by atoms with van der Waals surface area (Å²) in [7, 11) is -4.35. The van der Waals surface area contributed by atoms with Crippen LogP contribution in [0.3, 0.4) is 0 Å². The highest BCUT2D eigenvalue weighted by molar-refractivity contribution is 7.85. The number of aryl methyl sites for hydroxylation is 1. The molecule has 0 aliphatic carbocycles. The Morgan fingerprint density at radius 1 is 0.917 bits per heavy atom. The number of furan rings is 1. The summed E-state index contributed by atoms with van der Waals surface area (Å²) < 4.78 is 46.0. The van der Waals surface area contributed by atoms with Gasteiger partial charge < -0.3 is 9.15 Å². The van der Waals surface area contributed by atoms with Gasteiger partial charge in [-0.25, -0.2) is 0 Å². The van der Waals surface area contributed by atoms with E-state index >= 15 is 0 Å². The maximum absolute atomic E-state index is 12.0. The molecule has 1 N–H and O–H groups in total. The second-order valence-electron chi connectivity index (χ2n) is 8.73. The smallest absolute Gasteiger partial charge is 0.283 e. The lowest BCUT2D eigenvalue weighted by Crippen LogP contribution is -2.27. The van der Waals surface area contributed by atoms with Gasteiger partial charge >= 0.3 is 0 Å². The second-order valence-corrected chi connectivity index (χ2v) is 10.2. The van der Waals surface area contributed by atoms with Gasteiger partial charge in [-0.2, -0.15) is 8.42 Å². The molecule has 6 nitrogen and oxygen atoms in total. The standard InChI is InChI=1S/C29H23NO5S/c1-2-22-27(34-26-15-12-20-10-6-7-11-23(20)29(22)26)17-28-30(18-36(31,32)33)24-16-21(13-14-25(24)35-28)19-8-4-3-5-9-19/h3-17H,2,18H2,1H3,(H,31,32,33). The molecule has 180 valence electrons. The van der Waals surface area contributed by atoms with Gasteiger partial charge in [0.05, 0.1) is 5.69 Å². The lowest BCUT2D eigenvalue weighted by Gasteiger charge is -2.16. The van der Waals surface area contributed by atoms with Crippen LogP contribution in [-0.4, -0.2) is 18.8 Å². The summed E-state index contributed by atoms with van der Waals surface area (Å²) >= 11 is 0. The molecule has 0 atom stereocenters. The minimum Gasteiger partial charge on any atom is -0.456 e. The predicted molar refractivity (Wildman–Crippen MR) is 142 cm³/mol. The van der Waals surface area contributed by atoms with Gasteiger partial charge in [-0.3, -0.25) is 9.45 Å². The van der Waals surface area contributed by atoms with E-state index in [1.165, 1.54) is 4.90 Å². The van der Waals surface area contributed by atoms with E-state index in [1.54, 1.807) is 6.08 Å². The van der Waals surface area contributed by atoms with E-state index in [1.807, 2.05) is 72.8 Å². The Labute approximate surface area is 208 Å². The summed E-state index contributed by atoms with van der Waals surface area (Å²) in [5.41, 5.74) is 4.21. The van der Waals surface area contributed by atoms with Gasteiger partial charge in [-0.1, -0.05) is 73.7 Å². The van der Waals surface area contributed by atoms with Gasteiger partial charge in [-0.15, -0.1) is 0 Å². The van der Waals surface area contributed by atoms with E-state index in [2.05, 4.69) is 19.1 Å². The first-order chi connectivity index (χ1) is 17.4. The molecule has 7 heteroatoms. The van der Waals surface area contributed by atoms with Crippen molar-refractivity contribution in [1.29, 1.82) is 0 Å². The van der Waals surface area contributed by atoms with Gasteiger partial charge in [-0.05, 0) is 46.5 Å². The molecule has 4 aromatic carbocycles. The Hall–Kier alpha value is -4.07. The van der Waals surface area contributed by atoms with Crippen molar-refractivity contribution in [2.75, 3.05) is 10.8 Å². The van der Waals surface area contributed by atoms with Crippen molar-refractivity contribution in [3.05, 3.63) is 102 Å². The van der Waals surface area contributed by atoms with Crippen molar-refractivity contribution in [3.63, 3.8) is 0 Å². The van der Waals surface area contributed by atoms with Crippen LogP contribution in [0, 0.1) is 0 Å². The first-order valence-electron chi connectivity index (χ1n) is 11.7. The number of hydrogen-bond acceptors (Lipinski definition) is 5. The number of nitrogens with zero attached hydrogens (tertiary/aromatic N) is 1. The average Bonchev–Trinajstić information content (AvgIpc) is 3.40. The molecule has 1 aliphatic heterocycles. The zero-order chi connectivity index (χ0) is 24.9. The van der Waals surface area contributed by atoms with Crippen molar-refractivity contribution in [2.45, 2.75) is 13.3 Å². The summed E-state index contributed by atoms with van der Waals surface area (Å²) in [4.78, 5) is 1.46. The molecule has 6 rings (SSSR count). The topological polar surface area (TPSA) is 80.0 Å². The van der Waals surface area contributed by atoms with Crippen molar-refractivity contribution in [3.8, 4) is 16.9 Å². The fraction of sp³-hybridized carbons (Fsp3) is 0.103. The van der Waals surface area contributed by atoms with Crippen molar-refractivity contribution in [2.24, 2.45) is 0 Å². The van der Waals surface area contributed by atoms with E-state index in [4.69, 9.17) is 9.15 Å². The molecule has 0 bridgehead atoms. The molecule has 0 radical (unpaired) electrons. The number of anilines is 1. The number of hydrogen-bond donors (Lipinski definition) is 1. The van der Waals surface area contributed by atoms with Crippen LogP contribution in [-0.2, 0) is 16.5 Å². The van der Waals surface area contributed by atoms with Crippen LogP contribution in [0.5, 0.6) is 5.75 Å². The predicted octanol–water partition coefficient (Wildman–Crippen LogP) is 6.86. The van der Waals surface area contributed by atoms with Gasteiger partial charge in [0.25, 0.3) is 10.1 Å². The zero-order valence-electron chi connectivity index (χ0n) is 19.5. The molecule has 2 heterocycles. The Balaban J connectivity index is 1.50. The normalized spacial score (nSPS) is 14.5. The highest BCUT2D eigenvalue weighted by Gasteiger charge is 2.31. The monoisotopic (exact) mass is 497 g/mol. The molecule has 1 aliphatic rings. The molecule has 0 saturated heterocycles. The molecular formula is C29H23NO5S. The van der Waals surface area contributed by atoms with Gasteiger partial charge in [0.1, 0.15) is 11.3 Å². The Morgan fingerprint density at radius 3 is 2.47 bits per heavy atom. The van der Waals surface area contributed by atoms with Crippen LogP contribution in [0.1, 0.15) is 18.2 Å². The second kappa shape index (κ2) is 8.55. The van der Waals surface area contributed by atoms with E-state index < -0.39 is 16.0 Å². The van der Waals surface area contributed by atoms with Crippen LogP contribution in [0.2, 0.25) is 0 Å². The van der Waals surface area contributed by atoms with Crippen molar-refractivity contribution < 1.29 is 22.1 Å². The first-order valence-corrected chi connectivity index (χ1v) is 13.3. The van der Waals surface area contributed by atoms with Gasteiger partial charge in [0.15, 0.2) is 11.6 Å². The molecule has 0 unspecified atom stereocenters. The third kappa shape index (κ3) is 3.92. The van der Waals surface area contributed by atoms with Crippen LogP contribution in [0.15, 0.2) is 95.2 Å². The number of ether oxygens (including phenoxy) is 1. The summed E-state index contributed by atoms with van der Waals surface area (Å²) in [6.07, 6.45) is 2.42. The minimum absolute atomic E-state index is 0.269. The summed E-state index contributed by atoms with van der Waals surface area (Å²) in [5, 5.41) is 3.24. The molecule has 0 fully saturated rings. The molecule has 0 spiro atoms.